The number of hydrogen-bond acceptors (Lipinski definition) is 4. The second-order valence-corrected chi connectivity index (χ2v) is 7.22. The molecule has 2 aromatic carbocycles. The molecule has 0 bridgehead atoms. The summed E-state index contributed by atoms with van der Waals surface area (Å²) in [6.45, 7) is 6.07. The fourth-order valence-electron chi connectivity index (χ4n) is 3.05. The Bertz CT molecular complexity index is 1130. The highest BCUT2D eigenvalue weighted by Crippen LogP contribution is 2.27. The van der Waals surface area contributed by atoms with Crippen molar-refractivity contribution in [2.75, 3.05) is 10.6 Å². The Labute approximate surface area is 175 Å². The summed E-state index contributed by atoms with van der Waals surface area (Å²) in [6, 6.07) is 17.5. The van der Waals surface area contributed by atoms with Crippen LogP contribution in [0, 0.1) is 18.3 Å². The van der Waals surface area contributed by atoms with Gasteiger partial charge in [-0.1, -0.05) is 32.0 Å². The van der Waals surface area contributed by atoms with Crippen LogP contribution < -0.4 is 10.6 Å². The van der Waals surface area contributed by atoms with Gasteiger partial charge < -0.3 is 10.6 Å². The zero-order valence-electron chi connectivity index (χ0n) is 17.1. The van der Waals surface area contributed by atoms with Gasteiger partial charge in [-0.05, 0) is 60.4 Å². The predicted molar refractivity (Wildman–Crippen MR) is 117 cm³/mol. The highest BCUT2D eigenvalue weighted by atomic mass is 16.2. The van der Waals surface area contributed by atoms with Crippen molar-refractivity contribution >= 4 is 23.2 Å². The van der Waals surface area contributed by atoms with Crippen LogP contribution in [0.15, 0.2) is 60.8 Å². The molecule has 0 spiro atoms. The van der Waals surface area contributed by atoms with Crippen molar-refractivity contribution in [3.63, 3.8) is 0 Å². The van der Waals surface area contributed by atoms with Crippen LogP contribution in [-0.4, -0.2) is 16.8 Å². The Kier molecular flexibility index (Phi) is 6.23. The summed E-state index contributed by atoms with van der Waals surface area (Å²) in [7, 11) is 0. The molecular formula is C24H22N4O2. The van der Waals surface area contributed by atoms with E-state index in [9.17, 15) is 9.59 Å². The Morgan fingerprint density at radius 1 is 1.00 bits per heavy atom. The molecule has 0 aliphatic rings. The molecule has 1 aromatic heterocycles. The van der Waals surface area contributed by atoms with Crippen LogP contribution in [-0.2, 0) is 0 Å². The third-order valence-corrected chi connectivity index (χ3v) is 4.69. The number of rotatable bonds is 5. The average molecular weight is 398 g/mol. The monoisotopic (exact) mass is 398 g/mol. The number of carbonyl (C=O) groups excluding carboxylic acids is 2. The number of carbonyl (C=O) groups is 2. The highest BCUT2D eigenvalue weighted by molar-refractivity contribution is 6.08. The molecule has 0 radical (unpaired) electrons. The van der Waals surface area contributed by atoms with Gasteiger partial charge in [-0.3, -0.25) is 14.6 Å². The lowest BCUT2D eigenvalue weighted by Crippen LogP contribution is -2.18. The van der Waals surface area contributed by atoms with E-state index in [0.717, 1.165) is 16.8 Å². The molecule has 3 aromatic rings. The summed E-state index contributed by atoms with van der Waals surface area (Å²) in [4.78, 5) is 29.5. The minimum atomic E-state index is -0.376. The second-order valence-electron chi connectivity index (χ2n) is 7.22. The van der Waals surface area contributed by atoms with Gasteiger partial charge in [0, 0.05) is 23.1 Å². The van der Waals surface area contributed by atoms with Crippen molar-refractivity contribution in [1.29, 1.82) is 5.26 Å². The van der Waals surface area contributed by atoms with E-state index < -0.39 is 0 Å². The first-order valence-electron chi connectivity index (χ1n) is 9.57. The second kappa shape index (κ2) is 9.01. The molecule has 0 aliphatic heterocycles. The lowest BCUT2D eigenvalue weighted by atomic mass is 9.98. The van der Waals surface area contributed by atoms with E-state index in [1.807, 2.05) is 31.2 Å². The first kappa shape index (κ1) is 20.7. The zero-order valence-corrected chi connectivity index (χ0v) is 17.1. The van der Waals surface area contributed by atoms with Gasteiger partial charge in [0.05, 0.1) is 11.6 Å². The molecule has 1 heterocycles. The maximum atomic E-state index is 12.8. The van der Waals surface area contributed by atoms with Crippen molar-refractivity contribution in [2.24, 2.45) is 0 Å². The molecule has 6 nitrogen and oxygen atoms in total. The van der Waals surface area contributed by atoms with Crippen LogP contribution in [0.5, 0.6) is 0 Å². The minimum Gasteiger partial charge on any atom is -0.322 e. The minimum absolute atomic E-state index is 0.153. The number of para-hydroxylation sites is 1. The van der Waals surface area contributed by atoms with Gasteiger partial charge >= 0.3 is 0 Å². The number of amides is 2. The number of aromatic nitrogens is 1. The number of nitrogens with one attached hydrogen (secondary N) is 2. The third kappa shape index (κ3) is 4.70. The molecule has 0 saturated carbocycles. The van der Waals surface area contributed by atoms with E-state index in [2.05, 4.69) is 29.5 Å². The van der Waals surface area contributed by atoms with Crippen LogP contribution in [0.3, 0.4) is 0 Å². The molecule has 2 amide bonds. The summed E-state index contributed by atoms with van der Waals surface area (Å²) in [5.74, 6) is -0.494. The Hall–Kier alpha value is -3.98. The van der Waals surface area contributed by atoms with Gasteiger partial charge in [0.1, 0.15) is 5.69 Å². The fraction of sp³-hybridized carbons (Fsp3) is 0.167. The van der Waals surface area contributed by atoms with Gasteiger partial charge in [-0.25, -0.2) is 0 Å². The number of nitriles is 1. The topological polar surface area (TPSA) is 94.9 Å². The van der Waals surface area contributed by atoms with Crippen molar-refractivity contribution in [1.82, 2.24) is 4.98 Å². The summed E-state index contributed by atoms with van der Waals surface area (Å²) in [5, 5.41) is 14.6. The lowest BCUT2D eigenvalue weighted by Gasteiger charge is -2.16. The molecule has 0 unspecified atom stereocenters. The summed E-state index contributed by atoms with van der Waals surface area (Å²) < 4.78 is 0. The number of hydrogen-bond donors (Lipinski definition) is 2. The smallest absolute Gasteiger partial charge is 0.274 e. The van der Waals surface area contributed by atoms with E-state index in [1.165, 1.54) is 12.3 Å². The first-order chi connectivity index (χ1) is 14.4. The first-order valence-corrected chi connectivity index (χ1v) is 9.57. The average Bonchev–Trinajstić information content (AvgIpc) is 2.75. The van der Waals surface area contributed by atoms with Crippen LogP contribution in [0.1, 0.15) is 57.3 Å². The molecule has 150 valence electrons. The number of benzene rings is 2. The van der Waals surface area contributed by atoms with E-state index in [4.69, 9.17) is 5.26 Å². The third-order valence-electron chi connectivity index (χ3n) is 4.69. The van der Waals surface area contributed by atoms with E-state index in [1.54, 1.807) is 30.3 Å². The quantitative estimate of drug-likeness (QED) is 0.640. The van der Waals surface area contributed by atoms with Gasteiger partial charge in [-0.15, -0.1) is 0 Å². The lowest BCUT2D eigenvalue weighted by molar-refractivity contribution is 0.102. The maximum Gasteiger partial charge on any atom is 0.274 e. The van der Waals surface area contributed by atoms with E-state index in [0.29, 0.717) is 16.8 Å². The molecule has 6 heteroatoms. The largest absolute Gasteiger partial charge is 0.322 e. The van der Waals surface area contributed by atoms with Crippen molar-refractivity contribution < 1.29 is 9.59 Å². The maximum absolute atomic E-state index is 12.8. The number of nitrogens with zero attached hydrogens (tertiary/aromatic N) is 2. The SMILES string of the molecule is Cc1cccc(C(C)C)c1NC(=O)c1cc(C(=O)Nc2ccc(C#N)cc2)ccn1. The van der Waals surface area contributed by atoms with Crippen LogP contribution in [0.2, 0.25) is 0 Å². The van der Waals surface area contributed by atoms with Crippen LogP contribution >= 0.6 is 0 Å². The Morgan fingerprint density at radius 3 is 2.40 bits per heavy atom. The number of aryl methyl sites for hydroxylation is 1. The van der Waals surface area contributed by atoms with Gasteiger partial charge in [0.25, 0.3) is 11.8 Å². The molecule has 0 fully saturated rings. The molecular weight excluding hydrogens is 376 g/mol. The highest BCUT2D eigenvalue weighted by Gasteiger charge is 2.16. The summed E-state index contributed by atoms with van der Waals surface area (Å²) >= 11 is 0. The van der Waals surface area contributed by atoms with Gasteiger partial charge in [0.2, 0.25) is 0 Å². The van der Waals surface area contributed by atoms with E-state index >= 15 is 0 Å². The van der Waals surface area contributed by atoms with Gasteiger partial charge in [-0.2, -0.15) is 5.26 Å². The van der Waals surface area contributed by atoms with Crippen molar-refractivity contribution in [2.45, 2.75) is 26.7 Å². The predicted octanol–water partition coefficient (Wildman–Crippen LogP) is 4.89. The normalized spacial score (nSPS) is 10.4. The molecule has 3 rings (SSSR count). The number of pyridine rings is 1. The Balaban J connectivity index is 1.79. The molecule has 2 N–H and O–H groups in total. The van der Waals surface area contributed by atoms with Gasteiger partial charge in [0.15, 0.2) is 0 Å². The zero-order chi connectivity index (χ0) is 21.7. The summed E-state index contributed by atoms with van der Waals surface area (Å²) in [5.41, 5.74) is 4.30. The van der Waals surface area contributed by atoms with Crippen molar-refractivity contribution in [3.05, 3.63) is 88.7 Å². The molecule has 0 atom stereocenters. The standard InChI is InChI=1S/C24H22N4O2/c1-15(2)20-6-4-5-16(3)22(20)28-24(30)21-13-18(11-12-26-21)23(29)27-19-9-7-17(14-25)8-10-19/h4-13,15H,1-3H3,(H,27,29)(H,28,30). The Morgan fingerprint density at radius 2 is 1.73 bits per heavy atom. The number of anilines is 2. The van der Waals surface area contributed by atoms with Crippen molar-refractivity contribution in [3.8, 4) is 6.07 Å². The molecule has 30 heavy (non-hydrogen) atoms. The fourth-order valence-corrected chi connectivity index (χ4v) is 3.05. The molecule has 0 saturated heterocycles. The van der Waals surface area contributed by atoms with Crippen LogP contribution in [0.4, 0.5) is 11.4 Å². The summed E-state index contributed by atoms with van der Waals surface area (Å²) in [6.07, 6.45) is 1.43. The molecule has 0 aliphatic carbocycles. The van der Waals surface area contributed by atoms with E-state index in [-0.39, 0.29) is 23.4 Å². The van der Waals surface area contributed by atoms with Crippen LogP contribution in [0.25, 0.3) is 0 Å².